The second-order valence-corrected chi connectivity index (χ2v) is 3.08. The summed E-state index contributed by atoms with van der Waals surface area (Å²) in [7, 11) is 1.17. The van der Waals surface area contributed by atoms with E-state index in [9.17, 15) is 9.59 Å². The van der Waals surface area contributed by atoms with Crippen molar-refractivity contribution in [1.82, 2.24) is 0 Å². The average Bonchev–Trinajstić information content (AvgIpc) is 2.16. The summed E-state index contributed by atoms with van der Waals surface area (Å²) in [6.07, 6.45) is 0.114. The first kappa shape index (κ1) is 12.9. The highest BCUT2D eigenvalue weighted by Gasteiger charge is 2.42. The van der Waals surface area contributed by atoms with Crippen molar-refractivity contribution in [2.24, 2.45) is 5.41 Å². The standard InChI is InChI=1S/C9H16O5/c1-4-14-6-5-9(2,7(10)11)8(12)13-3/h4-6H2,1-3H3,(H,10,11). The van der Waals surface area contributed by atoms with Gasteiger partial charge in [-0.15, -0.1) is 0 Å². The smallest absolute Gasteiger partial charge is 0.323 e. The lowest BCUT2D eigenvalue weighted by atomic mass is 9.87. The Bertz CT molecular complexity index is 213. The molecule has 82 valence electrons. The van der Waals surface area contributed by atoms with Crippen LogP contribution < -0.4 is 0 Å². The van der Waals surface area contributed by atoms with Crippen molar-refractivity contribution in [2.45, 2.75) is 20.3 Å². The van der Waals surface area contributed by atoms with E-state index in [4.69, 9.17) is 9.84 Å². The summed E-state index contributed by atoms with van der Waals surface area (Å²) in [4.78, 5) is 22.1. The van der Waals surface area contributed by atoms with Gasteiger partial charge in [-0.1, -0.05) is 0 Å². The molecule has 1 atom stereocenters. The molecule has 0 aromatic rings. The number of carboxylic acid groups (broad SMARTS) is 1. The SMILES string of the molecule is CCOCCC(C)(C(=O)O)C(=O)OC. The Morgan fingerprint density at radius 2 is 2.00 bits per heavy atom. The van der Waals surface area contributed by atoms with Gasteiger partial charge in [-0.05, 0) is 20.3 Å². The summed E-state index contributed by atoms with van der Waals surface area (Å²) in [6.45, 7) is 3.86. The molecule has 0 amide bonds. The monoisotopic (exact) mass is 204 g/mol. The molecule has 0 aromatic heterocycles. The minimum atomic E-state index is -1.51. The van der Waals surface area contributed by atoms with Crippen LogP contribution in [0.25, 0.3) is 0 Å². The predicted octanol–water partition coefficient (Wildman–Crippen LogP) is 0.677. The van der Waals surface area contributed by atoms with Crippen LogP contribution in [0.15, 0.2) is 0 Å². The molecule has 0 heterocycles. The summed E-state index contributed by atoms with van der Waals surface area (Å²) in [5.41, 5.74) is -1.51. The fourth-order valence-corrected chi connectivity index (χ4v) is 0.942. The first-order valence-corrected chi connectivity index (χ1v) is 4.38. The van der Waals surface area contributed by atoms with Crippen LogP contribution in [0.4, 0.5) is 0 Å². The molecule has 1 unspecified atom stereocenters. The van der Waals surface area contributed by atoms with Gasteiger partial charge in [-0.3, -0.25) is 9.59 Å². The number of methoxy groups -OCH3 is 1. The molecule has 0 bridgehead atoms. The Morgan fingerprint density at radius 3 is 2.36 bits per heavy atom. The van der Waals surface area contributed by atoms with Crippen LogP contribution in [-0.2, 0) is 19.1 Å². The van der Waals surface area contributed by atoms with E-state index in [-0.39, 0.29) is 13.0 Å². The number of rotatable bonds is 6. The van der Waals surface area contributed by atoms with Crippen molar-refractivity contribution in [1.29, 1.82) is 0 Å². The molecule has 0 radical (unpaired) electrons. The van der Waals surface area contributed by atoms with Gasteiger partial charge in [-0.2, -0.15) is 0 Å². The fourth-order valence-electron chi connectivity index (χ4n) is 0.942. The second kappa shape index (κ2) is 5.59. The molecule has 0 aliphatic heterocycles. The number of carbonyl (C=O) groups is 2. The van der Waals surface area contributed by atoms with Crippen molar-refractivity contribution in [3.05, 3.63) is 0 Å². The molecule has 0 aliphatic rings. The van der Waals surface area contributed by atoms with Crippen LogP contribution in [-0.4, -0.2) is 37.4 Å². The van der Waals surface area contributed by atoms with Gasteiger partial charge in [0.25, 0.3) is 0 Å². The number of esters is 1. The van der Waals surface area contributed by atoms with Crippen LogP contribution in [0.3, 0.4) is 0 Å². The topological polar surface area (TPSA) is 72.8 Å². The molecule has 0 saturated heterocycles. The van der Waals surface area contributed by atoms with Crippen LogP contribution in [0.2, 0.25) is 0 Å². The first-order valence-electron chi connectivity index (χ1n) is 4.38. The molecule has 0 rings (SSSR count). The first-order chi connectivity index (χ1) is 6.49. The van der Waals surface area contributed by atoms with Gasteiger partial charge in [0.15, 0.2) is 5.41 Å². The number of aliphatic carboxylic acids is 1. The molecule has 5 nitrogen and oxygen atoms in total. The lowest BCUT2D eigenvalue weighted by Gasteiger charge is -2.21. The highest BCUT2D eigenvalue weighted by atomic mass is 16.5. The molecule has 0 saturated carbocycles. The van der Waals surface area contributed by atoms with E-state index < -0.39 is 17.4 Å². The lowest BCUT2D eigenvalue weighted by Crippen LogP contribution is -2.38. The fraction of sp³-hybridized carbons (Fsp3) is 0.778. The van der Waals surface area contributed by atoms with Crippen molar-refractivity contribution in [3.63, 3.8) is 0 Å². The second-order valence-electron chi connectivity index (χ2n) is 3.08. The summed E-state index contributed by atoms with van der Waals surface area (Å²) in [6, 6.07) is 0. The van der Waals surface area contributed by atoms with Crippen LogP contribution >= 0.6 is 0 Å². The quantitative estimate of drug-likeness (QED) is 0.391. The van der Waals surface area contributed by atoms with E-state index >= 15 is 0 Å². The highest BCUT2D eigenvalue weighted by molar-refractivity contribution is 5.98. The Morgan fingerprint density at radius 1 is 1.43 bits per heavy atom. The van der Waals surface area contributed by atoms with E-state index in [1.54, 1.807) is 6.92 Å². The number of carboxylic acids is 1. The van der Waals surface area contributed by atoms with Crippen LogP contribution in [0, 0.1) is 5.41 Å². The molecule has 1 N–H and O–H groups in total. The zero-order valence-electron chi connectivity index (χ0n) is 8.70. The molecule has 0 spiro atoms. The van der Waals surface area contributed by atoms with Gasteiger partial charge in [-0.25, -0.2) is 0 Å². The summed E-state index contributed by atoms with van der Waals surface area (Å²) in [5.74, 6) is -1.94. The van der Waals surface area contributed by atoms with Gasteiger partial charge in [0.2, 0.25) is 0 Å². The van der Waals surface area contributed by atoms with Crippen LogP contribution in [0.5, 0.6) is 0 Å². The third-order valence-electron chi connectivity index (χ3n) is 2.06. The molecular formula is C9H16O5. The minimum Gasteiger partial charge on any atom is -0.480 e. The Balaban J connectivity index is 4.40. The third-order valence-corrected chi connectivity index (χ3v) is 2.06. The normalized spacial score (nSPS) is 14.5. The zero-order valence-corrected chi connectivity index (χ0v) is 8.70. The zero-order chi connectivity index (χ0) is 11.2. The maximum Gasteiger partial charge on any atom is 0.323 e. The van der Waals surface area contributed by atoms with Crippen molar-refractivity contribution >= 4 is 11.9 Å². The van der Waals surface area contributed by atoms with Gasteiger partial charge in [0.1, 0.15) is 0 Å². The van der Waals surface area contributed by atoms with Crippen molar-refractivity contribution < 1.29 is 24.2 Å². The maximum atomic E-state index is 11.2. The summed E-state index contributed by atoms with van der Waals surface area (Å²) >= 11 is 0. The molecule has 5 heteroatoms. The molecule has 0 aliphatic carbocycles. The van der Waals surface area contributed by atoms with E-state index in [0.29, 0.717) is 6.61 Å². The largest absolute Gasteiger partial charge is 0.480 e. The molecular weight excluding hydrogens is 188 g/mol. The molecule has 14 heavy (non-hydrogen) atoms. The predicted molar refractivity (Wildman–Crippen MR) is 48.9 cm³/mol. The van der Waals surface area contributed by atoms with E-state index in [1.165, 1.54) is 14.0 Å². The number of carbonyl (C=O) groups excluding carboxylic acids is 1. The van der Waals surface area contributed by atoms with Gasteiger partial charge in [0.05, 0.1) is 7.11 Å². The highest BCUT2D eigenvalue weighted by Crippen LogP contribution is 2.23. The maximum absolute atomic E-state index is 11.2. The number of hydrogen-bond acceptors (Lipinski definition) is 4. The van der Waals surface area contributed by atoms with Crippen molar-refractivity contribution in [2.75, 3.05) is 20.3 Å². The van der Waals surface area contributed by atoms with E-state index in [2.05, 4.69) is 4.74 Å². The summed E-state index contributed by atoms with van der Waals surface area (Å²) in [5, 5.41) is 8.88. The average molecular weight is 204 g/mol. The van der Waals surface area contributed by atoms with Gasteiger partial charge >= 0.3 is 11.9 Å². The Kier molecular flexibility index (Phi) is 5.15. The number of hydrogen-bond donors (Lipinski definition) is 1. The third kappa shape index (κ3) is 2.99. The van der Waals surface area contributed by atoms with E-state index in [0.717, 1.165) is 0 Å². The van der Waals surface area contributed by atoms with E-state index in [1.807, 2.05) is 0 Å². The van der Waals surface area contributed by atoms with Crippen molar-refractivity contribution in [3.8, 4) is 0 Å². The van der Waals surface area contributed by atoms with Crippen LogP contribution in [0.1, 0.15) is 20.3 Å². The number of ether oxygens (including phenoxy) is 2. The Hall–Kier alpha value is -1.10. The Labute approximate surface area is 83.0 Å². The molecule has 0 fully saturated rings. The molecule has 0 aromatic carbocycles. The van der Waals surface area contributed by atoms with Gasteiger partial charge in [0, 0.05) is 13.2 Å². The lowest BCUT2D eigenvalue weighted by molar-refractivity contribution is -0.167. The van der Waals surface area contributed by atoms with Gasteiger partial charge < -0.3 is 14.6 Å². The summed E-state index contributed by atoms with van der Waals surface area (Å²) < 4.78 is 9.43. The minimum absolute atomic E-state index is 0.114.